The van der Waals surface area contributed by atoms with Crippen molar-refractivity contribution in [2.24, 2.45) is 12.8 Å². The Bertz CT molecular complexity index is 693. The molecule has 0 aliphatic rings. The maximum absolute atomic E-state index is 11.2. The molecule has 1 amide bonds. The first kappa shape index (κ1) is 17.2. The molecule has 0 aliphatic carbocycles. The summed E-state index contributed by atoms with van der Waals surface area (Å²) in [4.78, 5) is 16.7. The highest BCUT2D eigenvalue weighted by Crippen LogP contribution is 2.36. The summed E-state index contributed by atoms with van der Waals surface area (Å²) >= 11 is 13.6. The molecule has 0 fully saturated rings. The Hall–Kier alpha value is -1.17. The molecule has 0 spiro atoms. The van der Waals surface area contributed by atoms with Crippen LogP contribution in [0.15, 0.2) is 28.1 Å². The fourth-order valence-electron chi connectivity index (χ4n) is 2.06. The molecule has 1 heterocycles. The molecule has 22 heavy (non-hydrogen) atoms. The monoisotopic (exact) mass is 357 g/mol. The van der Waals surface area contributed by atoms with Gasteiger partial charge >= 0.3 is 0 Å². The molecule has 1 aromatic heterocycles. The van der Waals surface area contributed by atoms with Gasteiger partial charge in [-0.3, -0.25) is 4.79 Å². The first-order valence-electron chi connectivity index (χ1n) is 6.75. The summed E-state index contributed by atoms with van der Waals surface area (Å²) in [6.45, 7) is 4.12. The van der Waals surface area contributed by atoms with Crippen molar-refractivity contribution in [3.63, 3.8) is 0 Å². The van der Waals surface area contributed by atoms with Crippen molar-refractivity contribution in [2.45, 2.75) is 36.1 Å². The minimum absolute atomic E-state index is 0.118. The molecular formula is C15H17Cl2N3OS. The number of amides is 1. The number of benzene rings is 1. The van der Waals surface area contributed by atoms with Gasteiger partial charge in [-0.2, -0.15) is 0 Å². The zero-order chi connectivity index (χ0) is 16.4. The summed E-state index contributed by atoms with van der Waals surface area (Å²) in [5.74, 6) is 0.488. The molecule has 118 valence electrons. The number of carbonyl (C=O) groups excluding carboxylic acids is 1. The Balaban J connectivity index is 2.44. The topological polar surface area (TPSA) is 60.9 Å². The molecule has 7 heteroatoms. The summed E-state index contributed by atoms with van der Waals surface area (Å²) < 4.78 is 1.90. The lowest BCUT2D eigenvalue weighted by Gasteiger charge is -2.09. The van der Waals surface area contributed by atoms with Gasteiger partial charge in [0.2, 0.25) is 5.91 Å². The van der Waals surface area contributed by atoms with Gasteiger partial charge in [0.25, 0.3) is 0 Å². The number of rotatable bonds is 5. The average molecular weight is 358 g/mol. The second kappa shape index (κ2) is 6.94. The number of imidazole rings is 1. The molecule has 2 rings (SSSR count). The van der Waals surface area contributed by atoms with E-state index in [1.807, 2.05) is 23.7 Å². The van der Waals surface area contributed by atoms with Crippen LogP contribution in [0.25, 0.3) is 0 Å². The molecule has 0 aliphatic heterocycles. The number of carbonyl (C=O) groups is 1. The zero-order valence-electron chi connectivity index (χ0n) is 12.6. The van der Waals surface area contributed by atoms with Gasteiger partial charge < -0.3 is 10.3 Å². The maximum atomic E-state index is 11.2. The normalized spacial score (nSPS) is 11.2. The van der Waals surface area contributed by atoms with E-state index in [1.54, 1.807) is 6.07 Å². The minimum atomic E-state index is -0.397. The van der Waals surface area contributed by atoms with Crippen LogP contribution >= 0.6 is 35.0 Å². The number of nitrogens with two attached hydrogens (primary N) is 1. The minimum Gasteiger partial charge on any atom is -0.369 e. The molecule has 1 aromatic carbocycles. The van der Waals surface area contributed by atoms with Crippen molar-refractivity contribution >= 4 is 40.9 Å². The lowest BCUT2D eigenvalue weighted by atomic mass is 10.1. The van der Waals surface area contributed by atoms with E-state index in [0.717, 1.165) is 15.6 Å². The molecule has 4 nitrogen and oxygen atoms in total. The van der Waals surface area contributed by atoms with Crippen LogP contribution in [0.2, 0.25) is 10.0 Å². The fraction of sp³-hybridized carbons (Fsp3) is 0.333. The summed E-state index contributed by atoms with van der Waals surface area (Å²) in [5, 5.41) is 2.13. The van der Waals surface area contributed by atoms with Gasteiger partial charge in [0, 0.05) is 22.0 Å². The van der Waals surface area contributed by atoms with Gasteiger partial charge in [-0.25, -0.2) is 4.98 Å². The third-order valence-electron chi connectivity index (χ3n) is 3.09. The highest BCUT2D eigenvalue weighted by molar-refractivity contribution is 7.99. The van der Waals surface area contributed by atoms with Gasteiger partial charge in [0.15, 0.2) is 0 Å². The van der Waals surface area contributed by atoms with Crippen LogP contribution in [0.1, 0.15) is 31.3 Å². The third kappa shape index (κ3) is 3.97. The van der Waals surface area contributed by atoms with E-state index in [4.69, 9.17) is 28.9 Å². The molecule has 0 saturated carbocycles. The molecule has 2 aromatic rings. The molecule has 0 unspecified atom stereocenters. The van der Waals surface area contributed by atoms with Gasteiger partial charge in [-0.1, -0.05) is 48.8 Å². The Labute approximate surface area is 144 Å². The number of aromatic nitrogens is 2. The molecule has 2 N–H and O–H groups in total. The van der Waals surface area contributed by atoms with E-state index in [9.17, 15) is 4.79 Å². The van der Waals surface area contributed by atoms with Crippen LogP contribution in [0.3, 0.4) is 0 Å². The lowest BCUT2D eigenvalue weighted by molar-refractivity contribution is -0.117. The van der Waals surface area contributed by atoms with Crippen molar-refractivity contribution in [1.82, 2.24) is 9.55 Å². The van der Waals surface area contributed by atoms with Gasteiger partial charge in [-0.05, 0) is 24.1 Å². The van der Waals surface area contributed by atoms with Crippen molar-refractivity contribution in [3.8, 4) is 0 Å². The number of halogens is 2. The summed E-state index contributed by atoms with van der Waals surface area (Å²) in [6, 6.07) is 5.39. The fourth-order valence-corrected chi connectivity index (χ4v) is 3.94. The van der Waals surface area contributed by atoms with Crippen molar-refractivity contribution < 1.29 is 4.79 Å². The van der Waals surface area contributed by atoms with E-state index in [1.165, 1.54) is 11.8 Å². The van der Waals surface area contributed by atoms with Crippen LogP contribution in [-0.4, -0.2) is 15.5 Å². The Kier molecular flexibility index (Phi) is 5.42. The smallest absolute Gasteiger partial charge is 0.225 e. The summed E-state index contributed by atoms with van der Waals surface area (Å²) in [7, 11) is 1.88. The number of primary amides is 1. The Morgan fingerprint density at radius 2 is 1.91 bits per heavy atom. The summed E-state index contributed by atoms with van der Waals surface area (Å²) in [6.07, 6.45) is 0.118. The largest absolute Gasteiger partial charge is 0.369 e. The first-order valence-corrected chi connectivity index (χ1v) is 8.33. The second-order valence-electron chi connectivity index (χ2n) is 5.28. The van der Waals surface area contributed by atoms with Crippen LogP contribution in [0, 0.1) is 0 Å². The quantitative estimate of drug-likeness (QED) is 0.878. The maximum Gasteiger partial charge on any atom is 0.225 e. The zero-order valence-corrected chi connectivity index (χ0v) is 14.9. The molecule has 0 atom stereocenters. The predicted molar refractivity (Wildman–Crippen MR) is 90.8 cm³/mol. The SMILES string of the molecule is CC(C)c1nc(CC(N)=O)n(C)c1Sc1cc(Cl)cc(Cl)c1. The molecule has 0 saturated heterocycles. The second-order valence-corrected chi connectivity index (χ2v) is 7.22. The standard InChI is InChI=1S/C15H17Cl2N3OS/c1-8(2)14-15(20(3)13(19-14)7-12(18)21)22-11-5-9(16)4-10(17)6-11/h4-6,8H,7H2,1-3H3,(H2,18,21). The third-order valence-corrected chi connectivity index (χ3v) is 4.67. The number of nitrogens with zero attached hydrogens (tertiary/aromatic N) is 2. The van der Waals surface area contributed by atoms with Gasteiger partial charge in [0.1, 0.15) is 10.9 Å². The lowest BCUT2D eigenvalue weighted by Crippen LogP contribution is -2.16. The van der Waals surface area contributed by atoms with Crippen LogP contribution < -0.4 is 5.73 Å². The summed E-state index contributed by atoms with van der Waals surface area (Å²) in [5.41, 5.74) is 6.22. The molecule has 0 radical (unpaired) electrons. The number of hydrogen-bond donors (Lipinski definition) is 1. The molecular weight excluding hydrogens is 341 g/mol. The number of hydrogen-bond acceptors (Lipinski definition) is 3. The van der Waals surface area contributed by atoms with Crippen LogP contribution in [0.4, 0.5) is 0 Å². The first-order chi connectivity index (χ1) is 10.3. The Morgan fingerprint density at radius 3 is 2.41 bits per heavy atom. The molecule has 0 bridgehead atoms. The predicted octanol–water partition coefficient (Wildman–Crippen LogP) is 4.03. The van der Waals surface area contributed by atoms with Gasteiger partial charge in [-0.15, -0.1) is 0 Å². The van der Waals surface area contributed by atoms with Crippen molar-refractivity contribution in [2.75, 3.05) is 0 Å². The van der Waals surface area contributed by atoms with E-state index >= 15 is 0 Å². The van der Waals surface area contributed by atoms with Crippen molar-refractivity contribution in [3.05, 3.63) is 39.8 Å². The van der Waals surface area contributed by atoms with Crippen LogP contribution in [0.5, 0.6) is 0 Å². The van der Waals surface area contributed by atoms with Crippen molar-refractivity contribution in [1.29, 1.82) is 0 Å². The van der Waals surface area contributed by atoms with E-state index in [-0.39, 0.29) is 12.3 Å². The van der Waals surface area contributed by atoms with Gasteiger partial charge in [0.05, 0.1) is 12.1 Å². The highest BCUT2D eigenvalue weighted by atomic mass is 35.5. The average Bonchev–Trinajstić information content (AvgIpc) is 2.66. The van der Waals surface area contributed by atoms with E-state index < -0.39 is 5.91 Å². The van der Waals surface area contributed by atoms with E-state index in [2.05, 4.69) is 18.8 Å². The Morgan fingerprint density at radius 1 is 1.32 bits per heavy atom. The highest BCUT2D eigenvalue weighted by Gasteiger charge is 2.19. The van der Waals surface area contributed by atoms with E-state index in [0.29, 0.717) is 15.9 Å². The van der Waals surface area contributed by atoms with Crippen LogP contribution in [-0.2, 0) is 18.3 Å².